The maximum atomic E-state index is 12.8. The fourth-order valence-corrected chi connectivity index (χ4v) is 6.07. The summed E-state index contributed by atoms with van der Waals surface area (Å²) in [6.45, 7) is 5.28. The molecule has 3 heterocycles. The van der Waals surface area contributed by atoms with Crippen LogP contribution < -0.4 is 5.63 Å². The molecular formula is C20H22O8. The maximum absolute atomic E-state index is 12.8. The summed E-state index contributed by atoms with van der Waals surface area (Å²) in [5.41, 5.74) is -1.01. The average Bonchev–Trinajstić information content (AvgIpc) is 3.42. The van der Waals surface area contributed by atoms with Gasteiger partial charge in [-0.05, 0) is 25.0 Å². The fraction of sp³-hybridized carbons (Fsp3) is 0.650. The molecule has 0 radical (unpaired) electrons. The van der Waals surface area contributed by atoms with Crippen LogP contribution in [0.4, 0.5) is 0 Å². The molecule has 1 aromatic rings. The minimum atomic E-state index is -1.11. The zero-order chi connectivity index (χ0) is 20.2. The first-order valence-electron chi connectivity index (χ1n) is 9.45. The first-order valence-corrected chi connectivity index (χ1v) is 9.45. The van der Waals surface area contributed by atoms with Crippen molar-refractivity contribution in [2.45, 2.75) is 62.9 Å². The van der Waals surface area contributed by atoms with Crippen LogP contribution >= 0.6 is 0 Å². The molecule has 28 heavy (non-hydrogen) atoms. The van der Waals surface area contributed by atoms with E-state index < -0.39 is 52.6 Å². The second-order valence-corrected chi connectivity index (χ2v) is 8.72. The van der Waals surface area contributed by atoms with E-state index >= 15 is 0 Å². The van der Waals surface area contributed by atoms with E-state index in [-0.39, 0.29) is 17.8 Å². The van der Waals surface area contributed by atoms with E-state index in [2.05, 4.69) is 0 Å². The predicted molar refractivity (Wildman–Crippen MR) is 92.6 cm³/mol. The van der Waals surface area contributed by atoms with E-state index in [1.54, 1.807) is 13.8 Å². The Bertz CT molecular complexity index is 965. The number of carbonyl (C=O) groups is 2. The van der Waals surface area contributed by atoms with Gasteiger partial charge in [0.25, 0.3) is 0 Å². The van der Waals surface area contributed by atoms with Crippen LogP contribution in [0, 0.1) is 11.3 Å². The van der Waals surface area contributed by atoms with Crippen molar-refractivity contribution in [2.24, 2.45) is 11.3 Å². The van der Waals surface area contributed by atoms with Crippen molar-refractivity contribution in [2.75, 3.05) is 7.11 Å². The standard InChI is InChI=1S/C20H22O8/c1-7(17(23)25-4)12-8-5-10-14-19(2,9(8)6-11(21)27-12)16-13(28-16)15(22)20(14,3)18(24)26-10/h6-7,10,13-16,22H,5H2,1-4H3/t7?,10?,13-,14?,15+,16-,19-,20-/m1/s1. The van der Waals surface area contributed by atoms with Crippen LogP contribution in [0.15, 0.2) is 15.3 Å². The highest BCUT2D eigenvalue weighted by Gasteiger charge is 2.78. The Hall–Kier alpha value is -2.19. The molecule has 3 unspecified atom stereocenters. The number of fused-ring (bicyclic) bond motifs is 4. The Labute approximate surface area is 160 Å². The molecule has 1 N–H and O–H groups in total. The van der Waals surface area contributed by atoms with Crippen LogP contribution in [0.1, 0.15) is 43.6 Å². The monoisotopic (exact) mass is 390 g/mol. The van der Waals surface area contributed by atoms with Gasteiger partial charge in [0.05, 0.1) is 19.3 Å². The highest BCUT2D eigenvalue weighted by Crippen LogP contribution is 2.66. The highest BCUT2D eigenvalue weighted by atomic mass is 16.6. The summed E-state index contributed by atoms with van der Waals surface area (Å²) in [7, 11) is 1.28. The number of aliphatic hydroxyl groups excluding tert-OH is 1. The summed E-state index contributed by atoms with van der Waals surface area (Å²) in [5, 5.41) is 10.8. The summed E-state index contributed by atoms with van der Waals surface area (Å²) < 4.78 is 21.8. The lowest BCUT2D eigenvalue weighted by Gasteiger charge is -2.50. The molecule has 0 amide bonds. The van der Waals surface area contributed by atoms with Gasteiger partial charge in [-0.25, -0.2) is 4.79 Å². The van der Waals surface area contributed by atoms with Gasteiger partial charge in [-0.1, -0.05) is 6.92 Å². The highest BCUT2D eigenvalue weighted by molar-refractivity contribution is 5.82. The molecule has 2 saturated heterocycles. The molecule has 8 heteroatoms. The molecule has 5 rings (SSSR count). The molecule has 0 aromatic carbocycles. The molecule has 150 valence electrons. The minimum Gasteiger partial charge on any atom is -0.468 e. The van der Waals surface area contributed by atoms with Crippen LogP contribution in [0.2, 0.25) is 0 Å². The normalized spacial score (nSPS) is 43.3. The van der Waals surface area contributed by atoms with Gasteiger partial charge in [0.1, 0.15) is 29.3 Å². The number of hydrogen-bond acceptors (Lipinski definition) is 8. The number of rotatable bonds is 2. The van der Waals surface area contributed by atoms with Gasteiger partial charge < -0.3 is 23.7 Å². The second-order valence-electron chi connectivity index (χ2n) is 8.72. The summed E-state index contributed by atoms with van der Waals surface area (Å²) in [6, 6.07) is 1.43. The Balaban J connectivity index is 1.75. The lowest BCUT2D eigenvalue weighted by molar-refractivity contribution is -0.154. The van der Waals surface area contributed by atoms with Crippen LogP contribution in [0.25, 0.3) is 0 Å². The summed E-state index contributed by atoms with van der Waals surface area (Å²) in [5.74, 6) is -1.85. The van der Waals surface area contributed by atoms with E-state index in [1.165, 1.54) is 13.2 Å². The Morgan fingerprint density at radius 1 is 1.32 bits per heavy atom. The molecule has 3 fully saturated rings. The van der Waals surface area contributed by atoms with Gasteiger partial charge in [0.2, 0.25) is 0 Å². The minimum absolute atomic E-state index is 0.238. The zero-order valence-corrected chi connectivity index (χ0v) is 16.1. The number of ether oxygens (including phenoxy) is 3. The Morgan fingerprint density at radius 2 is 2.04 bits per heavy atom. The third kappa shape index (κ3) is 1.85. The van der Waals surface area contributed by atoms with Gasteiger partial charge in [-0.3, -0.25) is 9.59 Å². The second kappa shape index (κ2) is 5.24. The number of epoxide rings is 1. The number of aliphatic hydroxyl groups is 1. The summed E-state index contributed by atoms with van der Waals surface area (Å²) >= 11 is 0. The van der Waals surface area contributed by atoms with Gasteiger partial charge >= 0.3 is 17.6 Å². The first kappa shape index (κ1) is 17.9. The van der Waals surface area contributed by atoms with Crippen LogP contribution in [0.3, 0.4) is 0 Å². The maximum Gasteiger partial charge on any atom is 0.336 e. The molecule has 8 nitrogen and oxygen atoms in total. The third-order valence-corrected chi connectivity index (χ3v) is 7.43. The Morgan fingerprint density at radius 3 is 2.71 bits per heavy atom. The fourth-order valence-electron chi connectivity index (χ4n) is 6.07. The molecule has 8 atom stereocenters. The van der Waals surface area contributed by atoms with Crippen molar-refractivity contribution < 1.29 is 33.3 Å². The summed E-state index contributed by atoms with van der Waals surface area (Å²) in [4.78, 5) is 37.3. The SMILES string of the molecule is COC(=O)C(C)c1oc(=O)cc2c1CC1OC(=O)[C@]3(C)C1[C@]2(C)[C@@H]1O[C@@H]1[C@@H]3O. The molecule has 1 aromatic heterocycles. The number of esters is 2. The number of carbonyl (C=O) groups excluding carboxylic acids is 2. The smallest absolute Gasteiger partial charge is 0.336 e. The van der Waals surface area contributed by atoms with Crippen molar-refractivity contribution in [3.05, 3.63) is 33.4 Å². The molecule has 4 aliphatic rings. The molecule has 1 saturated carbocycles. The molecular weight excluding hydrogens is 368 g/mol. The lowest BCUT2D eigenvalue weighted by Crippen LogP contribution is -2.62. The van der Waals surface area contributed by atoms with Crippen molar-refractivity contribution in [1.82, 2.24) is 0 Å². The van der Waals surface area contributed by atoms with Crippen molar-refractivity contribution in [3.63, 3.8) is 0 Å². The van der Waals surface area contributed by atoms with Crippen LogP contribution in [-0.2, 0) is 35.6 Å². The molecule has 2 aliphatic heterocycles. The van der Waals surface area contributed by atoms with Gasteiger partial charge in [-0.15, -0.1) is 0 Å². The zero-order valence-electron chi connectivity index (χ0n) is 16.1. The van der Waals surface area contributed by atoms with Gasteiger partial charge in [0, 0.05) is 23.8 Å². The molecule has 0 bridgehead atoms. The van der Waals surface area contributed by atoms with E-state index in [9.17, 15) is 19.5 Å². The first-order chi connectivity index (χ1) is 13.1. The third-order valence-electron chi connectivity index (χ3n) is 7.43. The van der Waals surface area contributed by atoms with E-state index in [0.29, 0.717) is 17.5 Å². The lowest BCUT2D eigenvalue weighted by atomic mass is 9.49. The Kier molecular flexibility index (Phi) is 3.35. The number of methoxy groups -OCH3 is 1. The predicted octanol–water partition coefficient (Wildman–Crippen LogP) is 0.420. The molecule has 0 spiro atoms. The largest absolute Gasteiger partial charge is 0.468 e. The van der Waals surface area contributed by atoms with E-state index in [4.69, 9.17) is 18.6 Å². The average molecular weight is 390 g/mol. The van der Waals surface area contributed by atoms with Crippen molar-refractivity contribution in [3.8, 4) is 0 Å². The number of hydrogen-bond donors (Lipinski definition) is 1. The molecule has 2 aliphatic carbocycles. The van der Waals surface area contributed by atoms with Crippen molar-refractivity contribution >= 4 is 11.9 Å². The van der Waals surface area contributed by atoms with E-state index in [0.717, 1.165) is 0 Å². The van der Waals surface area contributed by atoms with Crippen LogP contribution in [-0.4, -0.2) is 48.6 Å². The quantitative estimate of drug-likeness (QED) is 0.571. The van der Waals surface area contributed by atoms with Gasteiger partial charge in [0.15, 0.2) is 0 Å². The van der Waals surface area contributed by atoms with Gasteiger partial charge in [-0.2, -0.15) is 0 Å². The van der Waals surface area contributed by atoms with E-state index in [1.807, 2.05) is 6.92 Å². The van der Waals surface area contributed by atoms with Crippen LogP contribution in [0.5, 0.6) is 0 Å². The summed E-state index contributed by atoms with van der Waals surface area (Å²) in [6.07, 6.45) is -1.96. The van der Waals surface area contributed by atoms with Crippen molar-refractivity contribution in [1.29, 1.82) is 0 Å². The topological polar surface area (TPSA) is 116 Å².